The first kappa shape index (κ1) is 28.2. The second kappa shape index (κ2) is 10.7. The van der Waals surface area contributed by atoms with Crippen LogP contribution in [-0.4, -0.2) is 41.6 Å². The van der Waals surface area contributed by atoms with Crippen LogP contribution in [-0.2, 0) is 19.1 Å². The molecule has 6 rings (SSSR count). The second-order valence-electron chi connectivity index (χ2n) is 9.67. The van der Waals surface area contributed by atoms with Crippen molar-refractivity contribution in [3.63, 3.8) is 0 Å². The van der Waals surface area contributed by atoms with Crippen molar-refractivity contribution in [3.8, 4) is 11.4 Å². The highest BCUT2D eigenvalue weighted by Crippen LogP contribution is 2.35. The fraction of sp³-hybridized carbons (Fsp3) is 0.185. The molecule has 3 N–H and O–H groups in total. The Kier molecular flexibility index (Phi) is 7.04. The summed E-state index contributed by atoms with van der Waals surface area (Å²) in [5, 5.41) is 14.7. The van der Waals surface area contributed by atoms with Gasteiger partial charge in [-0.3, -0.25) is 14.7 Å². The van der Waals surface area contributed by atoms with E-state index in [1.165, 1.54) is 18.2 Å². The van der Waals surface area contributed by atoms with Gasteiger partial charge in [0, 0.05) is 18.2 Å². The average Bonchev–Trinajstić information content (AvgIpc) is 3.72. The number of H-pyrrole nitrogens is 1. The summed E-state index contributed by atoms with van der Waals surface area (Å²) >= 11 is 5.78. The summed E-state index contributed by atoms with van der Waals surface area (Å²) in [6.45, 7) is -0.0405. The second-order valence-corrected chi connectivity index (χ2v) is 10.1. The topological polar surface area (TPSA) is 130 Å². The fourth-order valence-electron chi connectivity index (χ4n) is 4.79. The Morgan fingerprint density at radius 2 is 1.86 bits per heavy atom. The van der Waals surface area contributed by atoms with E-state index in [0.29, 0.717) is 24.0 Å². The van der Waals surface area contributed by atoms with Gasteiger partial charge in [0.15, 0.2) is 17.3 Å². The maximum Gasteiger partial charge on any atom is 0.451 e. The lowest BCUT2D eigenvalue weighted by Crippen LogP contribution is -2.30. The van der Waals surface area contributed by atoms with Crippen LogP contribution in [0, 0.1) is 11.6 Å². The number of benzene rings is 2. The van der Waals surface area contributed by atoms with Gasteiger partial charge in [0.25, 0.3) is 11.8 Å². The third-order valence-electron chi connectivity index (χ3n) is 6.87. The predicted octanol–water partition coefficient (Wildman–Crippen LogP) is 4.81. The quantitative estimate of drug-likeness (QED) is 0.235. The molecule has 43 heavy (non-hydrogen) atoms. The van der Waals surface area contributed by atoms with Gasteiger partial charge in [-0.2, -0.15) is 23.4 Å². The number of carbonyl (C=O) groups excluding carboxylic acids is 2. The fourth-order valence-corrected chi connectivity index (χ4v) is 5.00. The average molecular weight is 617 g/mol. The lowest BCUT2D eigenvalue weighted by molar-refractivity contribution is -0.144. The molecule has 0 fully saturated rings. The first-order valence-corrected chi connectivity index (χ1v) is 13.1. The zero-order valence-electron chi connectivity index (χ0n) is 21.6. The van der Waals surface area contributed by atoms with Gasteiger partial charge in [-0.1, -0.05) is 29.8 Å². The molecule has 2 amide bonds. The van der Waals surface area contributed by atoms with Crippen molar-refractivity contribution in [3.05, 3.63) is 99.2 Å². The van der Waals surface area contributed by atoms with Crippen LogP contribution in [0.15, 0.2) is 48.7 Å². The number of halogens is 6. The number of aromatic nitrogens is 6. The number of alkyl halides is 3. The van der Waals surface area contributed by atoms with Gasteiger partial charge < -0.3 is 10.6 Å². The maximum absolute atomic E-state index is 14.5. The predicted molar refractivity (Wildman–Crippen MR) is 141 cm³/mol. The first-order chi connectivity index (χ1) is 20.5. The highest BCUT2D eigenvalue weighted by atomic mass is 35.5. The minimum absolute atomic E-state index is 0.0405. The molecule has 16 heteroatoms. The number of carbonyl (C=O) groups is 2. The summed E-state index contributed by atoms with van der Waals surface area (Å²) in [4.78, 5) is 33.8. The Hall–Kier alpha value is -4.92. The third-order valence-corrected chi connectivity index (χ3v) is 7.16. The van der Waals surface area contributed by atoms with Crippen LogP contribution < -0.4 is 10.6 Å². The molecule has 1 atom stereocenters. The van der Waals surface area contributed by atoms with Gasteiger partial charge in [0.1, 0.15) is 17.2 Å². The number of hydrogen-bond donors (Lipinski definition) is 3. The van der Waals surface area contributed by atoms with E-state index in [2.05, 4.69) is 30.8 Å². The zero-order valence-corrected chi connectivity index (χ0v) is 22.4. The molecular weight excluding hydrogens is 599 g/mol. The number of nitrogens with zero attached hydrogens (tertiary/aromatic N) is 5. The Bertz CT molecular complexity index is 1900. The normalized spacial score (nSPS) is 14.6. The summed E-state index contributed by atoms with van der Waals surface area (Å²) in [6, 6.07) is 9.49. The molecule has 0 aliphatic heterocycles. The van der Waals surface area contributed by atoms with Gasteiger partial charge in [-0.25, -0.2) is 23.3 Å². The van der Waals surface area contributed by atoms with E-state index in [-0.39, 0.29) is 34.4 Å². The highest BCUT2D eigenvalue weighted by molar-refractivity contribution is 6.30. The molecule has 0 unspecified atom stereocenters. The molecule has 0 saturated carbocycles. The highest BCUT2D eigenvalue weighted by Gasteiger charge is 2.35. The molecule has 10 nitrogen and oxygen atoms in total. The number of rotatable bonds is 6. The van der Waals surface area contributed by atoms with Crippen molar-refractivity contribution in [1.82, 2.24) is 40.4 Å². The number of aromatic amines is 1. The summed E-state index contributed by atoms with van der Waals surface area (Å²) in [5.41, 5.74) is 1.63. The summed E-state index contributed by atoms with van der Waals surface area (Å²) in [7, 11) is 0. The van der Waals surface area contributed by atoms with Crippen molar-refractivity contribution in [2.75, 3.05) is 0 Å². The van der Waals surface area contributed by atoms with Crippen molar-refractivity contribution in [2.45, 2.75) is 31.6 Å². The number of aryl methyl sites for hydroxylation is 1. The lowest BCUT2D eigenvalue weighted by atomic mass is 10.0. The minimum Gasteiger partial charge on any atom is -0.347 e. The van der Waals surface area contributed by atoms with Gasteiger partial charge in [0.05, 0.1) is 17.3 Å². The SMILES string of the molecule is O=C(NCc1ccc(F)c(Cl)c1)c1cc(C(=O)N[C@H]2CCc3cc(-c4n[nH]c(C(F)(F)F)n4)ccc32)n2ncc(F)c2n1. The van der Waals surface area contributed by atoms with E-state index < -0.39 is 41.5 Å². The van der Waals surface area contributed by atoms with Gasteiger partial charge in [-0.05, 0) is 47.7 Å². The molecule has 0 spiro atoms. The molecule has 0 bridgehead atoms. The minimum atomic E-state index is -4.66. The summed E-state index contributed by atoms with van der Waals surface area (Å²) < 4.78 is 67.6. The van der Waals surface area contributed by atoms with Crippen LogP contribution in [0.25, 0.3) is 17.0 Å². The summed E-state index contributed by atoms with van der Waals surface area (Å²) in [5.74, 6) is -4.18. The molecule has 1 aliphatic rings. The number of amides is 2. The Morgan fingerprint density at radius 1 is 1.05 bits per heavy atom. The van der Waals surface area contributed by atoms with E-state index in [1.807, 2.05) is 5.10 Å². The maximum atomic E-state index is 14.5. The van der Waals surface area contributed by atoms with Crippen LogP contribution in [0.5, 0.6) is 0 Å². The van der Waals surface area contributed by atoms with Gasteiger partial charge >= 0.3 is 6.18 Å². The smallest absolute Gasteiger partial charge is 0.347 e. The monoisotopic (exact) mass is 616 g/mol. The third kappa shape index (κ3) is 5.50. The van der Waals surface area contributed by atoms with Crippen LogP contribution in [0.1, 0.15) is 56.0 Å². The lowest BCUT2D eigenvalue weighted by Gasteiger charge is -2.15. The van der Waals surface area contributed by atoms with Crippen LogP contribution in [0.4, 0.5) is 22.0 Å². The Balaban J connectivity index is 1.22. The van der Waals surface area contributed by atoms with Crippen LogP contribution >= 0.6 is 11.6 Å². The number of hydrogen-bond acceptors (Lipinski definition) is 6. The van der Waals surface area contributed by atoms with Crippen LogP contribution in [0.3, 0.4) is 0 Å². The molecule has 220 valence electrons. The van der Waals surface area contributed by atoms with Crippen LogP contribution in [0.2, 0.25) is 5.02 Å². The van der Waals surface area contributed by atoms with Crippen molar-refractivity contribution in [2.24, 2.45) is 0 Å². The number of nitrogens with one attached hydrogen (secondary N) is 3. The van der Waals surface area contributed by atoms with Gasteiger partial charge in [0.2, 0.25) is 5.82 Å². The zero-order chi connectivity index (χ0) is 30.5. The first-order valence-electron chi connectivity index (χ1n) is 12.7. The van der Waals surface area contributed by atoms with E-state index in [1.54, 1.807) is 18.2 Å². The van der Waals surface area contributed by atoms with E-state index in [4.69, 9.17) is 11.6 Å². The molecule has 0 radical (unpaired) electrons. The van der Waals surface area contributed by atoms with Gasteiger partial charge in [-0.15, -0.1) is 0 Å². The molecule has 1 aliphatic carbocycles. The largest absolute Gasteiger partial charge is 0.451 e. The molecule has 0 saturated heterocycles. The molecule has 2 aromatic carbocycles. The van der Waals surface area contributed by atoms with E-state index in [9.17, 15) is 31.5 Å². The van der Waals surface area contributed by atoms with Crippen molar-refractivity contribution >= 4 is 29.1 Å². The number of fused-ring (bicyclic) bond motifs is 2. The standard InChI is InChI=1S/C27H18ClF5N8O2/c28-16-7-12(1-5-17(16)29)10-34-24(42)20-9-21(41-23(36-20)18(30)11-35-41)25(43)37-19-6-3-13-8-14(2-4-15(13)19)22-38-26(40-39-22)27(31,32)33/h1-2,4-5,7-9,11,19H,3,6,10H2,(H,34,42)(H,37,43)(H,38,39,40)/t19-/m0/s1. The Morgan fingerprint density at radius 3 is 2.60 bits per heavy atom. The van der Waals surface area contributed by atoms with Crippen molar-refractivity contribution < 1.29 is 31.5 Å². The van der Waals surface area contributed by atoms with E-state index in [0.717, 1.165) is 27.9 Å². The molecule has 5 aromatic rings. The summed E-state index contributed by atoms with van der Waals surface area (Å²) in [6.07, 6.45) is -2.82. The Labute approximate surface area is 243 Å². The van der Waals surface area contributed by atoms with Crippen molar-refractivity contribution in [1.29, 1.82) is 0 Å². The molecule has 3 heterocycles. The van der Waals surface area contributed by atoms with E-state index >= 15 is 0 Å². The molecular formula is C27H18ClF5N8O2. The molecule has 3 aromatic heterocycles.